The van der Waals surface area contributed by atoms with E-state index in [2.05, 4.69) is 5.32 Å². The van der Waals surface area contributed by atoms with Gasteiger partial charge in [0.1, 0.15) is 11.9 Å². The number of anilines is 1. The molecule has 1 aliphatic heterocycles. The number of aromatic nitrogens is 1. The average molecular weight is 395 g/mol. The molecule has 0 spiro atoms. The average Bonchev–Trinajstić information content (AvgIpc) is 3.62. The van der Waals surface area contributed by atoms with Gasteiger partial charge in [-0.15, -0.1) is 0 Å². The summed E-state index contributed by atoms with van der Waals surface area (Å²) in [6.45, 7) is 2.55. The van der Waals surface area contributed by atoms with Gasteiger partial charge >= 0.3 is 6.09 Å². The van der Waals surface area contributed by atoms with E-state index >= 15 is 0 Å². The second-order valence-corrected chi connectivity index (χ2v) is 8.14. The van der Waals surface area contributed by atoms with E-state index in [4.69, 9.17) is 9.72 Å². The van der Waals surface area contributed by atoms with E-state index in [0.717, 1.165) is 36.3 Å². The summed E-state index contributed by atoms with van der Waals surface area (Å²) in [7, 11) is 0. The molecule has 150 valence electrons. The Kier molecular flexibility index (Phi) is 4.26. The van der Waals surface area contributed by atoms with Gasteiger partial charge in [0.25, 0.3) is 5.91 Å². The molecule has 1 aromatic heterocycles. The van der Waals surface area contributed by atoms with Crippen molar-refractivity contribution < 1.29 is 18.7 Å². The molecule has 3 aliphatic rings. The Bertz CT molecular complexity index is 974. The fourth-order valence-electron chi connectivity index (χ4n) is 3.86. The molecule has 1 aromatic carbocycles. The minimum Gasteiger partial charge on any atom is -0.446 e. The number of nitrogens with zero attached hydrogens (tertiary/aromatic N) is 2. The zero-order chi connectivity index (χ0) is 20.1. The largest absolute Gasteiger partial charge is 0.446 e. The van der Waals surface area contributed by atoms with Crippen molar-refractivity contribution in [3.8, 4) is 0 Å². The van der Waals surface area contributed by atoms with Crippen LogP contribution in [-0.2, 0) is 4.74 Å². The quantitative estimate of drug-likeness (QED) is 0.851. The van der Waals surface area contributed by atoms with E-state index in [-0.39, 0.29) is 30.0 Å². The van der Waals surface area contributed by atoms with Crippen molar-refractivity contribution in [1.82, 2.24) is 10.3 Å². The Labute approximate surface area is 168 Å². The molecule has 2 aliphatic carbocycles. The number of halogens is 1. The Morgan fingerprint density at radius 2 is 1.97 bits per heavy atom. The fourth-order valence-corrected chi connectivity index (χ4v) is 3.86. The summed E-state index contributed by atoms with van der Waals surface area (Å²) in [6, 6.07) is 8.86. The van der Waals surface area contributed by atoms with Crippen LogP contribution in [0.2, 0.25) is 0 Å². The molecule has 1 N–H and O–H groups in total. The van der Waals surface area contributed by atoms with Crippen LogP contribution in [-0.4, -0.2) is 29.6 Å². The topological polar surface area (TPSA) is 71.5 Å². The maximum Gasteiger partial charge on any atom is 0.414 e. The molecule has 0 saturated heterocycles. The van der Waals surface area contributed by atoms with E-state index in [0.29, 0.717) is 23.9 Å². The van der Waals surface area contributed by atoms with Gasteiger partial charge in [-0.05, 0) is 68.5 Å². The molecule has 3 atom stereocenters. The first-order chi connectivity index (χ1) is 14.0. The first kappa shape index (κ1) is 18.1. The number of benzene rings is 1. The SMILES string of the molecule is C[C@@H](NC(=O)c1ccc(F)cc1)c1ccc2c(n1)C1C[C@@H]1CN2C(=O)OC1CC1. The number of hydrogen-bond acceptors (Lipinski definition) is 4. The molecule has 2 amide bonds. The molecular weight excluding hydrogens is 373 g/mol. The molecule has 6 nitrogen and oxygen atoms in total. The van der Waals surface area contributed by atoms with Gasteiger partial charge in [-0.25, -0.2) is 9.18 Å². The summed E-state index contributed by atoms with van der Waals surface area (Å²) in [6.07, 6.45) is 2.69. The third-order valence-electron chi connectivity index (χ3n) is 5.82. The number of pyridine rings is 1. The maximum absolute atomic E-state index is 13.1. The fraction of sp³-hybridized carbons (Fsp3) is 0.409. The Hall–Kier alpha value is -2.96. The van der Waals surface area contributed by atoms with Crippen molar-refractivity contribution in [2.24, 2.45) is 5.92 Å². The molecule has 5 rings (SSSR count). The second-order valence-electron chi connectivity index (χ2n) is 8.14. The van der Waals surface area contributed by atoms with Crippen molar-refractivity contribution >= 4 is 17.7 Å². The van der Waals surface area contributed by atoms with Crippen LogP contribution in [0.5, 0.6) is 0 Å². The lowest BCUT2D eigenvalue weighted by atomic mass is 10.1. The van der Waals surface area contributed by atoms with E-state index in [9.17, 15) is 14.0 Å². The van der Waals surface area contributed by atoms with Gasteiger partial charge < -0.3 is 10.1 Å². The van der Waals surface area contributed by atoms with Gasteiger partial charge in [0.15, 0.2) is 0 Å². The number of ether oxygens (including phenoxy) is 1. The Balaban J connectivity index is 1.34. The van der Waals surface area contributed by atoms with Crippen LogP contribution in [0.25, 0.3) is 0 Å². The monoisotopic (exact) mass is 395 g/mol. The van der Waals surface area contributed by atoms with Crippen LogP contribution in [0.3, 0.4) is 0 Å². The predicted molar refractivity (Wildman–Crippen MR) is 104 cm³/mol. The summed E-state index contributed by atoms with van der Waals surface area (Å²) < 4.78 is 18.5. The van der Waals surface area contributed by atoms with Gasteiger partial charge in [-0.1, -0.05) is 0 Å². The molecule has 29 heavy (non-hydrogen) atoms. The summed E-state index contributed by atoms with van der Waals surface area (Å²) in [5.74, 6) is 0.140. The van der Waals surface area contributed by atoms with Gasteiger partial charge in [0, 0.05) is 18.0 Å². The van der Waals surface area contributed by atoms with Gasteiger partial charge in [-0.2, -0.15) is 0 Å². The highest BCUT2D eigenvalue weighted by atomic mass is 19.1. The zero-order valence-electron chi connectivity index (χ0n) is 16.1. The second kappa shape index (κ2) is 6.83. The van der Waals surface area contributed by atoms with Crippen molar-refractivity contribution in [1.29, 1.82) is 0 Å². The number of carbonyl (C=O) groups excluding carboxylic acids is 2. The van der Waals surface area contributed by atoms with Crippen LogP contribution in [0, 0.1) is 11.7 Å². The number of amides is 2. The first-order valence-electron chi connectivity index (χ1n) is 10.0. The van der Waals surface area contributed by atoms with Crippen LogP contribution < -0.4 is 10.2 Å². The first-order valence-corrected chi connectivity index (χ1v) is 10.0. The summed E-state index contributed by atoms with van der Waals surface area (Å²) in [5.41, 5.74) is 2.86. The smallest absolute Gasteiger partial charge is 0.414 e. The third kappa shape index (κ3) is 3.57. The Morgan fingerprint density at radius 1 is 1.21 bits per heavy atom. The standard InChI is InChI=1S/C22H22FN3O3/c1-12(24-21(27)13-2-4-15(23)5-3-13)18-8-9-19-20(25-18)17-10-14(17)11-26(19)22(28)29-16-6-7-16/h2-5,8-9,12,14,16-17H,6-7,10-11H2,1H3,(H,24,27)/t12-,14-,17?/m1/s1. The number of rotatable bonds is 4. The van der Waals surface area contributed by atoms with Gasteiger partial charge in [-0.3, -0.25) is 14.7 Å². The number of fused-ring (bicyclic) bond motifs is 3. The highest BCUT2D eigenvalue weighted by molar-refractivity contribution is 5.94. The Morgan fingerprint density at radius 3 is 2.69 bits per heavy atom. The van der Waals surface area contributed by atoms with Gasteiger partial charge in [0.2, 0.25) is 0 Å². The molecule has 2 saturated carbocycles. The van der Waals surface area contributed by atoms with Crippen molar-refractivity contribution in [3.63, 3.8) is 0 Å². The number of hydrogen-bond donors (Lipinski definition) is 1. The number of nitrogens with one attached hydrogen (secondary N) is 1. The van der Waals surface area contributed by atoms with E-state index < -0.39 is 0 Å². The molecule has 1 unspecified atom stereocenters. The van der Waals surface area contributed by atoms with Crippen molar-refractivity contribution in [3.05, 3.63) is 59.2 Å². The molecule has 2 aromatic rings. The van der Waals surface area contributed by atoms with Crippen LogP contribution >= 0.6 is 0 Å². The predicted octanol–water partition coefficient (Wildman–Crippen LogP) is 3.93. The molecule has 0 bridgehead atoms. The normalized spacial score (nSPS) is 22.9. The van der Waals surface area contributed by atoms with E-state index in [1.165, 1.54) is 24.3 Å². The summed E-state index contributed by atoms with van der Waals surface area (Å²) in [4.78, 5) is 31.4. The lowest BCUT2D eigenvalue weighted by molar-refractivity contribution is 0.0939. The zero-order valence-corrected chi connectivity index (χ0v) is 16.1. The van der Waals surface area contributed by atoms with Crippen LogP contribution in [0.15, 0.2) is 36.4 Å². The van der Waals surface area contributed by atoms with E-state index in [1.54, 1.807) is 4.90 Å². The third-order valence-corrected chi connectivity index (χ3v) is 5.82. The van der Waals surface area contributed by atoms with E-state index in [1.807, 2.05) is 19.1 Å². The minimum atomic E-state index is -0.380. The molecule has 7 heteroatoms. The molecule has 2 fully saturated rings. The van der Waals surface area contributed by atoms with Gasteiger partial charge in [0.05, 0.1) is 23.1 Å². The lowest BCUT2D eigenvalue weighted by Crippen LogP contribution is -2.37. The van der Waals surface area contributed by atoms with Crippen molar-refractivity contribution in [2.75, 3.05) is 11.4 Å². The molecule has 2 heterocycles. The molecule has 0 radical (unpaired) electrons. The van der Waals surface area contributed by atoms with Crippen molar-refractivity contribution in [2.45, 2.75) is 44.2 Å². The lowest BCUT2D eigenvalue weighted by Gasteiger charge is -2.28. The molecular formula is C22H22FN3O3. The maximum atomic E-state index is 13.1. The highest BCUT2D eigenvalue weighted by Gasteiger charge is 2.48. The number of carbonyl (C=O) groups is 2. The summed E-state index contributed by atoms with van der Waals surface area (Å²) >= 11 is 0. The van der Waals surface area contributed by atoms with Crippen LogP contribution in [0.4, 0.5) is 14.9 Å². The highest BCUT2D eigenvalue weighted by Crippen LogP contribution is 2.54. The van der Waals surface area contributed by atoms with Crippen LogP contribution in [0.1, 0.15) is 59.9 Å². The minimum absolute atomic E-state index is 0.0665. The summed E-state index contributed by atoms with van der Waals surface area (Å²) in [5, 5.41) is 2.91.